The molecular weight excluding hydrogens is 464 g/mol. The molecule has 0 radical (unpaired) electrons. The Kier molecular flexibility index (Phi) is 30.5. The molecule has 0 spiro atoms. The summed E-state index contributed by atoms with van der Waals surface area (Å²) in [5, 5.41) is 0. The van der Waals surface area contributed by atoms with Crippen LogP contribution >= 0.6 is 0 Å². The molecule has 0 saturated carbocycles. The summed E-state index contributed by atoms with van der Waals surface area (Å²) in [5.74, 6) is 0.148. The second-order valence-corrected chi connectivity index (χ2v) is 12.3. The molecule has 0 aliphatic rings. The molecule has 0 bridgehead atoms. The molecule has 0 aliphatic heterocycles. The van der Waals surface area contributed by atoms with Gasteiger partial charge in [0.25, 0.3) is 0 Å². The van der Waals surface area contributed by atoms with Crippen molar-refractivity contribution in [1.29, 1.82) is 0 Å². The minimum absolute atomic E-state index is 0.148. The van der Waals surface area contributed by atoms with E-state index in [1.54, 1.807) is 0 Å². The van der Waals surface area contributed by atoms with Gasteiger partial charge in [-0.1, -0.05) is 181 Å². The second kappa shape index (κ2) is 31.0. The van der Waals surface area contributed by atoms with Crippen LogP contribution in [0.15, 0.2) is 0 Å². The fraction of sp³-hybridized carbons (Fsp3) is 0.971. The molecule has 2 N–H and O–H groups in total. The minimum atomic E-state index is -0.367. The van der Waals surface area contributed by atoms with Crippen LogP contribution in [-0.4, -0.2) is 29.9 Å². The second-order valence-electron chi connectivity index (χ2n) is 12.3. The Labute approximate surface area is 240 Å². The van der Waals surface area contributed by atoms with Crippen LogP contribution in [0.1, 0.15) is 201 Å². The van der Waals surface area contributed by atoms with Crippen molar-refractivity contribution in [2.45, 2.75) is 207 Å². The predicted octanol–water partition coefficient (Wildman–Crippen LogP) is 11.1. The molecule has 38 heavy (non-hydrogen) atoms. The molecule has 228 valence electrons. The summed E-state index contributed by atoms with van der Waals surface area (Å²) in [6, 6.07) is -0.367. The highest BCUT2D eigenvalue weighted by Gasteiger charge is 2.16. The van der Waals surface area contributed by atoms with Crippen molar-refractivity contribution in [1.82, 2.24) is 4.90 Å². The molecular formula is C35H72N2O. The molecule has 0 fully saturated rings. The molecule has 0 aromatic carbocycles. The number of nitrogens with two attached hydrogens (primary N) is 1. The van der Waals surface area contributed by atoms with Gasteiger partial charge in [0.15, 0.2) is 0 Å². The lowest BCUT2D eigenvalue weighted by molar-refractivity contribution is -0.132. The van der Waals surface area contributed by atoms with Crippen LogP contribution in [0.4, 0.5) is 0 Å². The number of hydrogen-bond acceptors (Lipinski definition) is 2. The molecule has 1 atom stereocenters. The van der Waals surface area contributed by atoms with Crippen LogP contribution in [0.3, 0.4) is 0 Å². The molecule has 0 aromatic heterocycles. The Morgan fingerprint density at radius 3 is 0.868 bits per heavy atom. The number of hydrogen-bond donors (Lipinski definition) is 1. The van der Waals surface area contributed by atoms with Gasteiger partial charge in [0.05, 0.1) is 6.04 Å². The zero-order valence-corrected chi connectivity index (χ0v) is 26.7. The maximum absolute atomic E-state index is 12.6. The molecule has 0 aromatic rings. The Balaban J connectivity index is 3.63. The number of unbranched alkanes of at least 4 members (excludes halogenated alkanes) is 26. The van der Waals surface area contributed by atoms with Gasteiger partial charge < -0.3 is 10.6 Å². The van der Waals surface area contributed by atoms with Crippen molar-refractivity contribution in [2.75, 3.05) is 13.1 Å². The largest absolute Gasteiger partial charge is 0.341 e. The van der Waals surface area contributed by atoms with Gasteiger partial charge in [-0.2, -0.15) is 0 Å². The van der Waals surface area contributed by atoms with E-state index >= 15 is 0 Å². The number of nitrogens with zero attached hydrogens (tertiary/aromatic N) is 1. The van der Waals surface area contributed by atoms with Gasteiger partial charge in [0, 0.05) is 13.1 Å². The van der Waals surface area contributed by atoms with Crippen LogP contribution in [0.5, 0.6) is 0 Å². The van der Waals surface area contributed by atoms with Crippen molar-refractivity contribution in [3.8, 4) is 0 Å². The van der Waals surface area contributed by atoms with Crippen molar-refractivity contribution in [3.63, 3.8) is 0 Å². The summed E-state index contributed by atoms with van der Waals surface area (Å²) in [6.45, 7) is 8.22. The maximum atomic E-state index is 12.6. The first-order chi connectivity index (χ1) is 18.6. The third-order valence-electron chi connectivity index (χ3n) is 8.26. The third kappa shape index (κ3) is 27.0. The summed E-state index contributed by atoms with van der Waals surface area (Å²) in [5.41, 5.74) is 5.95. The lowest BCUT2D eigenvalue weighted by Crippen LogP contribution is -2.43. The number of carbonyl (C=O) groups is 1. The van der Waals surface area contributed by atoms with E-state index in [9.17, 15) is 4.79 Å². The van der Waals surface area contributed by atoms with E-state index in [1.165, 1.54) is 167 Å². The highest BCUT2D eigenvalue weighted by molar-refractivity contribution is 5.81. The summed E-state index contributed by atoms with van der Waals surface area (Å²) < 4.78 is 0. The molecule has 0 heterocycles. The van der Waals surface area contributed by atoms with E-state index in [0.717, 1.165) is 25.9 Å². The van der Waals surface area contributed by atoms with E-state index in [2.05, 4.69) is 18.7 Å². The zero-order valence-electron chi connectivity index (χ0n) is 26.7. The van der Waals surface area contributed by atoms with E-state index in [1.807, 2.05) is 6.92 Å². The highest BCUT2D eigenvalue weighted by Crippen LogP contribution is 2.15. The van der Waals surface area contributed by atoms with E-state index < -0.39 is 0 Å². The first-order valence-electron chi connectivity index (χ1n) is 17.7. The molecule has 0 aliphatic carbocycles. The van der Waals surface area contributed by atoms with Crippen LogP contribution in [0.25, 0.3) is 0 Å². The Bertz CT molecular complexity index is 433. The van der Waals surface area contributed by atoms with Gasteiger partial charge >= 0.3 is 0 Å². The topological polar surface area (TPSA) is 46.3 Å². The first kappa shape index (κ1) is 37.4. The Hall–Kier alpha value is -0.570. The van der Waals surface area contributed by atoms with Crippen LogP contribution in [0, 0.1) is 0 Å². The SMILES string of the molecule is CCCCCCCCCCCCCCCCN(CCCCCCCCCCCCCCCC)C(=O)C(C)N. The van der Waals surface area contributed by atoms with Crippen LogP contribution in [-0.2, 0) is 4.79 Å². The summed E-state index contributed by atoms with van der Waals surface area (Å²) in [4.78, 5) is 14.6. The standard InChI is InChI=1S/C35H72N2O/c1-4-6-8-10-12-14-16-18-20-22-24-26-28-30-32-37(35(38)34(3)36)33-31-29-27-25-23-21-19-17-15-13-11-9-7-5-2/h34H,4-33,36H2,1-3H3. The lowest BCUT2D eigenvalue weighted by Gasteiger charge is -2.24. The molecule has 1 amide bonds. The molecule has 3 nitrogen and oxygen atoms in total. The van der Waals surface area contributed by atoms with Crippen molar-refractivity contribution < 1.29 is 4.79 Å². The van der Waals surface area contributed by atoms with Gasteiger partial charge in [-0.05, 0) is 19.8 Å². The number of carbonyl (C=O) groups excluding carboxylic acids is 1. The highest BCUT2D eigenvalue weighted by atomic mass is 16.2. The van der Waals surface area contributed by atoms with Gasteiger partial charge in [-0.25, -0.2) is 0 Å². The fourth-order valence-electron chi connectivity index (χ4n) is 5.61. The van der Waals surface area contributed by atoms with Crippen LogP contribution < -0.4 is 5.73 Å². The normalized spacial score (nSPS) is 12.2. The quantitative estimate of drug-likeness (QED) is 0.0895. The zero-order chi connectivity index (χ0) is 27.9. The Morgan fingerprint density at radius 1 is 0.447 bits per heavy atom. The summed E-state index contributed by atoms with van der Waals surface area (Å²) >= 11 is 0. The molecule has 1 unspecified atom stereocenters. The van der Waals surface area contributed by atoms with Gasteiger partial charge in [0.2, 0.25) is 5.91 Å². The summed E-state index contributed by atoms with van der Waals surface area (Å²) in [7, 11) is 0. The van der Waals surface area contributed by atoms with Gasteiger partial charge in [0.1, 0.15) is 0 Å². The predicted molar refractivity (Wildman–Crippen MR) is 171 cm³/mol. The van der Waals surface area contributed by atoms with Crippen molar-refractivity contribution >= 4 is 5.91 Å². The van der Waals surface area contributed by atoms with Crippen molar-refractivity contribution in [2.24, 2.45) is 5.73 Å². The summed E-state index contributed by atoms with van der Waals surface area (Å²) in [6.07, 6.45) is 38.4. The number of rotatable bonds is 31. The van der Waals surface area contributed by atoms with E-state index in [4.69, 9.17) is 5.73 Å². The lowest BCUT2D eigenvalue weighted by atomic mass is 10.0. The van der Waals surface area contributed by atoms with E-state index in [0.29, 0.717) is 0 Å². The monoisotopic (exact) mass is 537 g/mol. The third-order valence-corrected chi connectivity index (χ3v) is 8.26. The molecule has 0 rings (SSSR count). The smallest absolute Gasteiger partial charge is 0.239 e. The first-order valence-corrected chi connectivity index (χ1v) is 17.7. The number of amides is 1. The fourth-order valence-corrected chi connectivity index (χ4v) is 5.61. The molecule has 3 heteroatoms. The van der Waals surface area contributed by atoms with Crippen molar-refractivity contribution in [3.05, 3.63) is 0 Å². The van der Waals surface area contributed by atoms with Crippen LogP contribution in [0.2, 0.25) is 0 Å². The average molecular weight is 537 g/mol. The van der Waals surface area contributed by atoms with Gasteiger partial charge in [-0.3, -0.25) is 4.79 Å². The maximum Gasteiger partial charge on any atom is 0.239 e. The molecule has 0 saturated heterocycles. The Morgan fingerprint density at radius 2 is 0.658 bits per heavy atom. The minimum Gasteiger partial charge on any atom is -0.341 e. The van der Waals surface area contributed by atoms with E-state index in [-0.39, 0.29) is 11.9 Å². The van der Waals surface area contributed by atoms with Gasteiger partial charge in [-0.15, -0.1) is 0 Å². The average Bonchev–Trinajstić information content (AvgIpc) is 2.91.